The highest BCUT2D eigenvalue weighted by molar-refractivity contribution is 5.66. The Morgan fingerprint density at radius 1 is 1.25 bits per heavy atom. The highest BCUT2D eigenvalue weighted by atomic mass is 16.5. The van der Waals surface area contributed by atoms with Gasteiger partial charge in [0.15, 0.2) is 0 Å². The van der Waals surface area contributed by atoms with E-state index in [0.717, 1.165) is 36.3 Å². The van der Waals surface area contributed by atoms with Gasteiger partial charge in [-0.25, -0.2) is 0 Å². The third-order valence-corrected chi connectivity index (χ3v) is 3.27. The van der Waals surface area contributed by atoms with Gasteiger partial charge in [-0.15, -0.1) is 0 Å². The summed E-state index contributed by atoms with van der Waals surface area (Å²) in [5, 5.41) is 0. The van der Waals surface area contributed by atoms with Crippen molar-refractivity contribution in [2.24, 2.45) is 0 Å². The summed E-state index contributed by atoms with van der Waals surface area (Å²) in [6, 6.07) is 5.76. The lowest BCUT2D eigenvalue weighted by Gasteiger charge is -2.20. The van der Waals surface area contributed by atoms with Crippen LogP contribution in [0.2, 0.25) is 0 Å². The summed E-state index contributed by atoms with van der Waals surface area (Å²) in [5.41, 5.74) is 1.06. The molecule has 0 radical (unpaired) electrons. The van der Waals surface area contributed by atoms with Gasteiger partial charge in [0.1, 0.15) is 11.5 Å². The smallest absolute Gasteiger partial charge is 0.302 e. The molecule has 0 spiro atoms. The maximum absolute atomic E-state index is 11.0. The minimum Gasteiger partial charge on any atom is -0.497 e. The van der Waals surface area contributed by atoms with Gasteiger partial charge < -0.3 is 14.2 Å². The molecule has 1 aromatic rings. The van der Waals surface area contributed by atoms with E-state index in [1.807, 2.05) is 18.2 Å². The molecule has 0 aliphatic heterocycles. The third kappa shape index (κ3) is 4.76. The van der Waals surface area contributed by atoms with Crippen molar-refractivity contribution >= 4 is 5.97 Å². The predicted molar refractivity (Wildman–Crippen MR) is 78.4 cm³/mol. The monoisotopic (exact) mass is 280 g/mol. The Morgan fingerprint density at radius 2 is 2.00 bits per heavy atom. The van der Waals surface area contributed by atoms with E-state index in [1.54, 1.807) is 14.2 Å². The minimum absolute atomic E-state index is 0.153. The van der Waals surface area contributed by atoms with Gasteiger partial charge in [-0.3, -0.25) is 4.79 Å². The van der Waals surface area contributed by atoms with Crippen molar-refractivity contribution in [2.75, 3.05) is 20.8 Å². The maximum Gasteiger partial charge on any atom is 0.302 e. The first kappa shape index (κ1) is 16.3. The van der Waals surface area contributed by atoms with Gasteiger partial charge in [0.2, 0.25) is 0 Å². The number of carbonyl (C=O) groups is 1. The zero-order valence-corrected chi connectivity index (χ0v) is 12.8. The standard InChI is InChI=1S/C16H24O4/c1-5-6-7-13(11-20-12(2)17)15-9-8-14(18-3)10-16(15)19-4/h8-10,13H,5-7,11H2,1-4H3. The summed E-state index contributed by atoms with van der Waals surface area (Å²) in [6.07, 6.45) is 3.16. The Bertz CT molecular complexity index is 428. The molecule has 112 valence electrons. The molecule has 1 unspecified atom stereocenters. The van der Waals surface area contributed by atoms with Crippen LogP contribution >= 0.6 is 0 Å². The van der Waals surface area contributed by atoms with Gasteiger partial charge in [-0.05, 0) is 12.5 Å². The first-order valence-electron chi connectivity index (χ1n) is 6.97. The number of benzene rings is 1. The topological polar surface area (TPSA) is 44.8 Å². The van der Waals surface area contributed by atoms with E-state index in [9.17, 15) is 4.79 Å². The molecule has 0 amide bonds. The number of hydrogen-bond donors (Lipinski definition) is 0. The molecule has 0 aliphatic carbocycles. The second-order valence-corrected chi connectivity index (χ2v) is 4.75. The molecule has 4 nitrogen and oxygen atoms in total. The fourth-order valence-electron chi connectivity index (χ4n) is 2.15. The maximum atomic E-state index is 11.0. The molecule has 0 bridgehead atoms. The van der Waals surface area contributed by atoms with Crippen molar-refractivity contribution in [1.29, 1.82) is 0 Å². The molecular weight excluding hydrogens is 256 g/mol. The molecule has 0 fully saturated rings. The number of unbranched alkanes of at least 4 members (excludes halogenated alkanes) is 1. The lowest BCUT2D eigenvalue weighted by atomic mass is 9.93. The van der Waals surface area contributed by atoms with Crippen molar-refractivity contribution in [3.63, 3.8) is 0 Å². The fraction of sp³-hybridized carbons (Fsp3) is 0.562. The predicted octanol–water partition coefficient (Wildman–Crippen LogP) is 3.54. The molecule has 1 atom stereocenters. The zero-order chi connectivity index (χ0) is 15.0. The molecule has 0 saturated heterocycles. The largest absolute Gasteiger partial charge is 0.497 e. The van der Waals surface area contributed by atoms with E-state index < -0.39 is 0 Å². The molecule has 0 heterocycles. The molecular formula is C16H24O4. The number of rotatable bonds is 8. The minimum atomic E-state index is -0.251. The van der Waals surface area contributed by atoms with Crippen LogP contribution in [-0.4, -0.2) is 26.8 Å². The quantitative estimate of drug-likeness (QED) is 0.683. The lowest BCUT2D eigenvalue weighted by molar-refractivity contribution is -0.141. The highest BCUT2D eigenvalue weighted by Gasteiger charge is 2.18. The van der Waals surface area contributed by atoms with E-state index in [1.165, 1.54) is 6.92 Å². The number of ether oxygens (including phenoxy) is 3. The lowest BCUT2D eigenvalue weighted by Crippen LogP contribution is -2.12. The Morgan fingerprint density at radius 3 is 2.55 bits per heavy atom. The van der Waals surface area contributed by atoms with Crippen LogP contribution in [-0.2, 0) is 9.53 Å². The van der Waals surface area contributed by atoms with Gasteiger partial charge in [0, 0.05) is 24.5 Å². The van der Waals surface area contributed by atoms with Crippen LogP contribution in [0.5, 0.6) is 11.5 Å². The van der Waals surface area contributed by atoms with Crippen LogP contribution in [0.4, 0.5) is 0 Å². The van der Waals surface area contributed by atoms with Gasteiger partial charge in [0.25, 0.3) is 0 Å². The number of esters is 1. The SMILES string of the molecule is CCCCC(COC(C)=O)c1ccc(OC)cc1OC. The number of carbonyl (C=O) groups excluding carboxylic acids is 1. The van der Waals surface area contributed by atoms with E-state index in [2.05, 4.69) is 6.92 Å². The summed E-state index contributed by atoms with van der Waals surface area (Å²) in [7, 11) is 3.27. The van der Waals surface area contributed by atoms with Crippen molar-refractivity contribution in [1.82, 2.24) is 0 Å². The number of hydrogen-bond acceptors (Lipinski definition) is 4. The average molecular weight is 280 g/mol. The summed E-state index contributed by atoms with van der Waals surface area (Å²) in [4.78, 5) is 11.0. The summed E-state index contributed by atoms with van der Waals surface area (Å²) < 4.78 is 15.8. The van der Waals surface area contributed by atoms with Crippen LogP contribution in [0.3, 0.4) is 0 Å². The van der Waals surface area contributed by atoms with Crippen molar-refractivity contribution in [2.45, 2.75) is 39.0 Å². The van der Waals surface area contributed by atoms with Crippen LogP contribution in [0, 0.1) is 0 Å². The van der Waals surface area contributed by atoms with Crippen molar-refractivity contribution < 1.29 is 19.0 Å². The Hall–Kier alpha value is -1.71. The zero-order valence-electron chi connectivity index (χ0n) is 12.8. The summed E-state index contributed by atoms with van der Waals surface area (Å²) >= 11 is 0. The highest BCUT2D eigenvalue weighted by Crippen LogP contribution is 2.33. The molecule has 20 heavy (non-hydrogen) atoms. The molecule has 1 aromatic carbocycles. The summed E-state index contributed by atoms with van der Waals surface area (Å²) in [5.74, 6) is 1.43. The van der Waals surface area contributed by atoms with Crippen LogP contribution in [0.15, 0.2) is 18.2 Å². The molecule has 0 aliphatic rings. The molecule has 0 saturated carbocycles. The second kappa shape index (κ2) is 8.46. The van der Waals surface area contributed by atoms with Gasteiger partial charge in [-0.2, -0.15) is 0 Å². The second-order valence-electron chi connectivity index (χ2n) is 4.75. The van der Waals surface area contributed by atoms with E-state index >= 15 is 0 Å². The van der Waals surface area contributed by atoms with Crippen LogP contribution in [0.25, 0.3) is 0 Å². The molecule has 4 heteroatoms. The van der Waals surface area contributed by atoms with E-state index in [4.69, 9.17) is 14.2 Å². The van der Waals surface area contributed by atoms with Gasteiger partial charge >= 0.3 is 5.97 Å². The first-order valence-corrected chi connectivity index (χ1v) is 6.97. The normalized spacial score (nSPS) is 11.8. The molecule has 1 rings (SSSR count). The third-order valence-electron chi connectivity index (χ3n) is 3.27. The van der Waals surface area contributed by atoms with Crippen LogP contribution in [0.1, 0.15) is 44.6 Å². The molecule has 0 aromatic heterocycles. The fourth-order valence-corrected chi connectivity index (χ4v) is 2.15. The van der Waals surface area contributed by atoms with Crippen LogP contribution < -0.4 is 9.47 Å². The summed E-state index contributed by atoms with van der Waals surface area (Å²) in [6.45, 7) is 3.97. The molecule has 0 N–H and O–H groups in total. The Labute approximate surface area is 121 Å². The van der Waals surface area contributed by atoms with E-state index in [0.29, 0.717) is 6.61 Å². The number of methoxy groups -OCH3 is 2. The van der Waals surface area contributed by atoms with Gasteiger partial charge in [0.05, 0.1) is 20.8 Å². The van der Waals surface area contributed by atoms with Gasteiger partial charge in [-0.1, -0.05) is 25.8 Å². The Balaban J connectivity index is 2.95. The first-order chi connectivity index (χ1) is 9.62. The van der Waals surface area contributed by atoms with Crippen molar-refractivity contribution in [3.05, 3.63) is 23.8 Å². The van der Waals surface area contributed by atoms with Crippen molar-refractivity contribution in [3.8, 4) is 11.5 Å². The van der Waals surface area contributed by atoms with E-state index in [-0.39, 0.29) is 11.9 Å². The average Bonchev–Trinajstić information content (AvgIpc) is 2.46. The Kier molecular flexibility index (Phi) is 6.91.